The Hall–Kier alpha value is -2.14. The van der Waals surface area contributed by atoms with E-state index in [-0.39, 0.29) is 49.1 Å². The molecule has 0 spiro atoms. The molecule has 0 saturated heterocycles. The van der Waals surface area contributed by atoms with E-state index in [1.54, 1.807) is 17.0 Å². The highest BCUT2D eigenvalue weighted by Gasteiger charge is 2.33. The number of amides is 1. The molecule has 208 valence electrons. The van der Waals surface area contributed by atoms with E-state index in [1.807, 2.05) is 13.1 Å². The maximum absolute atomic E-state index is 13.3. The number of sulfonamides is 1. The Morgan fingerprint density at radius 1 is 1.14 bits per heavy atom. The van der Waals surface area contributed by atoms with Crippen LogP contribution in [0.2, 0.25) is 0 Å². The lowest BCUT2D eigenvalue weighted by Crippen LogP contribution is -2.42. The molecule has 1 aromatic carbocycles. The smallest absolute Gasteiger partial charge is 0.288 e. The first-order chi connectivity index (χ1) is 17.7. The first kappa shape index (κ1) is 29.4. The lowest BCUT2D eigenvalue weighted by molar-refractivity contribution is -0.157. The molecule has 0 aromatic heterocycles. The van der Waals surface area contributed by atoms with Crippen LogP contribution in [0.25, 0.3) is 0 Å². The lowest BCUT2D eigenvalue weighted by atomic mass is 9.89. The van der Waals surface area contributed by atoms with Gasteiger partial charge in [0, 0.05) is 32.6 Å². The minimum absolute atomic E-state index is 0.0378. The Balaban J connectivity index is 1.64. The minimum atomic E-state index is -3.84. The van der Waals surface area contributed by atoms with Gasteiger partial charge in [-0.1, -0.05) is 33.1 Å². The van der Waals surface area contributed by atoms with Crippen LogP contribution in [0.4, 0.5) is 0 Å². The summed E-state index contributed by atoms with van der Waals surface area (Å²) in [5.74, 6) is 1.13. The van der Waals surface area contributed by atoms with Crippen molar-refractivity contribution in [2.45, 2.75) is 69.6 Å². The summed E-state index contributed by atoms with van der Waals surface area (Å²) in [5.41, 5.74) is 0. The largest absolute Gasteiger partial charge is 0.497 e. The van der Waals surface area contributed by atoms with Crippen LogP contribution in [0, 0.1) is 11.8 Å². The van der Waals surface area contributed by atoms with Crippen molar-refractivity contribution in [3.8, 4) is 5.75 Å². The van der Waals surface area contributed by atoms with Crippen molar-refractivity contribution >= 4 is 15.9 Å². The van der Waals surface area contributed by atoms with Crippen LogP contribution < -0.4 is 4.74 Å². The molecule has 2 aliphatic rings. The Bertz CT molecular complexity index is 1000. The number of nitrogens with zero attached hydrogens (tertiary/aromatic N) is 2. The highest BCUT2D eigenvalue weighted by atomic mass is 32.2. The van der Waals surface area contributed by atoms with Crippen molar-refractivity contribution < 1.29 is 32.5 Å². The second-order valence-corrected chi connectivity index (χ2v) is 12.0. The van der Waals surface area contributed by atoms with Crippen LogP contribution >= 0.6 is 0 Å². The fourth-order valence-electron chi connectivity index (χ4n) is 4.86. The number of rotatable bonds is 12. The molecule has 1 N–H and O–H groups in total. The molecule has 1 amide bonds. The summed E-state index contributed by atoms with van der Waals surface area (Å²) in [7, 11) is -0.485. The van der Waals surface area contributed by atoms with E-state index in [1.165, 1.54) is 30.0 Å². The first-order valence-electron chi connectivity index (χ1n) is 13.2. The van der Waals surface area contributed by atoms with E-state index < -0.39 is 16.3 Å². The predicted molar refractivity (Wildman–Crippen MR) is 140 cm³/mol. The Labute approximate surface area is 221 Å². The number of aliphatic hydroxyl groups is 1. The third-order valence-corrected chi connectivity index (χ3v) is 9.20. The van der Waals surface area contributed by atoms with Gasteiger partial charge in [-0.3, -0.25) is 4.79 Å². The van der Waals surface area contributed by atoms with Crippen molar-refractivity contribution in [3.63, 3.8) is 0 Å². The van der Waals surface area contributed by atoms with Crippen molar-refractivity contribution in [3.05, 3.63) is 36.1 Å². The first-order valence-corrected chi connectivity index (χ1v) is 14.6. The molecule has 10 heteroatoms. The predicted octanol–water partition coefficient (Wildman–Crippen LogP) is 3.39. The topological polar surface area (TPSA) is 106 Å². The van der Waals surface area contributed by atoms with Crippen LogP contribution in [0.3, 0.4) is 0 Å². The monoisotopic (exact) mass is 538 g/mol. The van der Waals surface area contributed by atoms with Crippen molar-refractivity contribution in [2.75, 3.05) is 40.5 Å². The van der Waals surface area contributed by atoms with Crippen LogP contribution in [0.5, 0.6) is 5.75 Å². The van der Waals surface area contributed by atoms with Crippen LogP contribution in [-0.4, -0.2) is 81.4 Å². The molecule has 37 heavy (non-hydrogen) atoms. The summed E-state index contributed by atoms with van der Waals surface area (Å²) in [6, 6.07) is 6.33. The Morgan fingerprint density at radius 3 is 2.41 bits per heavy atom. The van der Waals surface area contributed by atoms with Gasteiger partial charge in [-0.2, -0.15) is 4.31 Å². The molecule has 9 nitrogen and oxygen atoms in total. The van der Waals surface area contributed by atoms with Gasteiger partial charge in [0.05, 0.1) is 25.2 Å². The molecule has 0 unspecified atom stereocenters. The second kappa shape index (κ2) is 13.6. The molecular formula is C27H42N2O7S. The zero-order valence-electron chi connectivity index (χ0n) is 22.5. The Morgan fingerprint density at radius 2 is 1.81 bits per heavy atom. The third kappa shape index (κ3) is 7.69. The highest BCUT2D eigenvalue weighted by molar-refractivity contribution is 7.89. The van der Waals surface area contributed by atoms with Gasteiger partial charge in [-0.15, -0.1) is 0 Å². The maximum Gasteiger partial charge on any atom is 0.288 e. The molecule has 0 bridgehead atoms. The summed E-state index contributed by atoms with van der Waals surface area (Å²) >= 11 is 0. The normalized spacial score (nSPS) is 21.0. The number of aliphatic hydroxyl groups excluding tert-OH is 1. The number of benzene rings is 1. The van der Waals surface area contributed by atoms with Crippen molar-refractivity contribution in [1.29, 1.82) is 0 Å². The van der Waals surface area contributed by atoms with Crippen molar-refractivity contribution in [2.24, 2.45) is 11.8 Å². The highest BCUT2D eigenvalue weighted by Crippen LogP contribution is 2.31. The molecule has 0 radical (unpaired) electrons. The van der Waals surface area contributed by atoms with Gasteiger partial charge in [-0.25, -0.2) is 8.42 Å². The number of carbonyl (C=O) groups excluding carboxylic acids is 1. The van der Waals surface area contributed by atoms with E-state index in [4.69, 9.17) is 14.2 Å². The van der Waals surface area contributed by atoms with E-state index in [9.17, 15) is 18.3 Å². The molecule has 1 aliphatic carbocycles. The second-order valence-electron chi connectivity index (χ2n) is 10.1. The number of methoxy groups -OCH3 is 1. The average molecular weight is 539 g/mol. The molecular weight excluding hydrogens is 496 g/mol. The number of hydrogen-bond acceptors (Lipinski definition) is 7. The third-order valence-electron chi connectivity index (χ3n) is 7.29. The average Bonchev–Trinajstić information content (AvgIpc) is 2.92. The molecule has 1 aliphatic heterocycles. The standard InChI is InChI=1S/C27H42N2O7S/c1-20(2)21-18-25(27(31)28(3)22-8-6-5-7-9-22)36-26(19-21)35-17-15-29(14-16-30)37(32,33)24-12-10-23(34-4)11-13-24/h10-13,18,20-22,26,30H,5-9,14-17,19H2,1-4H3/t21-,26+/m0/s1. The number of allylic oxidation sites excluding steroid dienone is 1. The van der Waals surface area contributed by atoms with Gasteiger partial charge >= 0.3 is 0 Å². The van der Waals surface area contributed by atoms with Gasteiger partial charge in [0.15, 0.2) is 5.76 Å². The number of likely N-dealkylation sites (N-methyl/N-ethyl adjacent to an activating group) is 1. The van der Waals surface area contributed by atoms with Gasteiger partial charge in [-0.05, 0) is 55.0 Å². The van der Waals surface area contributed by atoms with E-state index >= 15 is 0 Å². The number of ether oxygens (including phenoxy) is 3. The van der Waals surface area contributed by atoms with E-state index in [0.29, 0.717) is 23.8 Å². The molecule has 2 atom stereocenters. The van der Waals surface area contributed by atoms with E-state index in [0.717, 1.165) is 25.7 Å². The molecule has 1 saturated carbocycles. The quantitative estimate of drug-likeness (QED) is 0.435. The molecule has 3 rings (SSSR count). The summed E-state index contributed by atoms with van der Waals surface area (Å²) in [6.45, 7) is 3.91. The van der Waals surface area contributed by atoms with Gasteiger partial charge < -0.3 is 24.2 Å². The van der Waals surface area contributed by atoms with Crippen LogP contribution in [0.15, 0.2) is 41.0 Å². The zero-order valence-corrected chi connectivity index (χ0v) is 23.3. The minimum Gasteiger partial charge on any atom is -0.497 e. The number of carbonyl (C=O) groups is 1. The van der Waals surface area contributed by atoms with Crippen LogP contribution in [0.1, 0.15) is 52.4 Å². The fraction of sp³-hybridized carbons (Fsp3) is 0.667. The summed E-state index contributed by atoms with van der Waals surface area (Å²) < 4.78 is 44.5. The maximum atomic E-state index is 13.3. The fourth-order valence-corrected chi connectivity index (χ4v) is 6.27. The zero-order chi connectivity index (χ0) is 27.0. The molecule has 1 heterocycles. The van der Waals surface area contributed by atoms with Crippen LogP contribution in [-0.2, 0) is 24.3 Å². The van der Waals surface area contributed by atoms with Gasteiger partial charge in [0.1, 0.15) is 5.75 Å². The number of hydrogen-bond donors (Lipinski definition) is 1. The summed E-state index contributed by atoms with van der Waals surface area (Å²) in [5, 5.41) is 9.49. The van der Waals surface area contributed by atoms with E-state index in [2.05, 4.69) is 13.8 Å². The summed E-state index contributed by atoms with van der Waals surface area (Å²) in [6.07, 6.45) is 7.32. The SMILES string of the molecule is COc1ccc(S(=O)(=O)N(CCO)CCO[C@H]2C[C@@H](C(C)C)C=C(C(=O)N(C)C3CCCCC3)O2)cc1. The summed E-state index contributed by atoms with van der Waals surface area (Å²) in [4.78, 5) is 15.2. The van der Waals surface area contributed by atoms with Gasteiger partial charge in [0.25, 0.3) is 5.91 Å². The van der Waals surface area contributed by atoms with Crippen molar-refractivity contribution in [1.82, 2.24) is 9.21 Å². The van der Waals surface area contributed by atoms with Gasteiger partial charge in [0.2, 0.25) is 16.3 Å². The Kier molecular flexibility index (Phi) is 10.8. The molecule has 1 fully saturated rings. The molecule has 1 aromatic rings. The lowest BCUT2D eigenvalue weighted by Gasteiger charge is -2.35.